The molecule has 0 bridgehead atoms. The number of hydrogen-bond acceptors (Lipinski definition) is 4. The molecule has 1 atom stereocenters. The number of nitrogens with one attached hydrogen (secondary N) is 1. The highest BCUT2D eigenvalue weighted by molar-refractivity contribution is 5.85. The van der Waals surface area contributed by atoms with Crippen LogP contribution in [0, 0.1) is 5.41 Å². The van der Waals surface area contributed by atoms with Gasteiger partial charge in [-0.15, -0.1) is 0 Å². The van der Waals surface area contributed by atoms with Crippen LogP contribution in [-0.4, -0.2) is 54.2 Å². The van der Waals surface area contributed by atoms with E-state index in [9.17, 15) is 14.4 Å². The molecule has 0 saturated carbocycles. The van der Waals surface area contributed by atoms with E-state index in [2.05, 4.69) is 10.1 Å². The molecule has 0 aromatic heterocycles. The van der Waals surface area contributed by atoms with Crippen LogP contribution in [0.1, 0.15) is 27.7 Å². The van der Waals surface area contributed by atoms with Gasteiger partial charge in [-0.1, -0.05) is 20.8 Å². The first-order valence-electron chi connectivity index (χ1n) is 5.98. The minimum absolute atomic E-state index is 0.213. The van der Waals surface area contributed by atoms with E-state index in [4.69, 9.17) is 5.11 Å². The molecule has 0 aromatic rings. The number of urea groups is 1. The molecule has 110 valence electrons. The number of amides is 2. The number of carboxylic acids is 1. The van der Waals surface area contributed by atoms with E-state index in [0.29, 0.717) is 0 Å². The van der Waals surface area contributed by atoms with E-state index >= 15 is 0 Å². The molecule has 19 heavy (non-hydrogen) atoms. The zero-order valence-electron chi connectivity index (χ0n) is 12.0. The molecule has 0 rings (SSSR count). The number of carbonyl (C=O) groups excluding carboxylic acids is 2. The van der Waals surface area contributed by atoms with Crippen LogP contribution in [0.3, 0.4) is 0 Å². The molecule has 0 spiro atoms. The molecule has 2 amide bonds. The highest BCUT2D eigenvalue weighted by atomic mass is 16.5. The summed E-state index contributed by atoms with van der Waals surface area (Å²) in [5.74, 6) is -1.67. The predicted molar refractivity (Wildman–Crippen MR) is 68.7 cm³/mol. The maximum Gasteiger partial charge on any atom is 0.326 e. The topological polar surface area (TPSA) is 95.9 Å². The van der Waals surface area contributed by atoms with E-state index in [1.807, 2.05) is 0 Å². The lowest BCUT2D eigenvalue weighted by Crippen LogP contribution is -2.54. The Morgan fingerprint density at radius 3 is 2.16 bits per heavy atom. The summed E-state index contributed by atoms with van der Waals surface area (Å²) in [6.07, 6.45) is 0. The first kappa shape index (κ1) is 17.2. The Balaban J connectivity index is 4.79. The summed E-state index contributed by atoms with van der Waals surface area (Å²) in [6, 6.07) is -1.64. The Morgan fingerprint density at radius 1 is 1.32 bits per heavy atom. The second kappa shape index (κ2) is 6.96. The second-order valence-corrected chi connectivity index (χ2v) is 5.18. The highest BCUT2D eigenvalue weighted by Gasteiger charge is 2.33. The summed E-state index contributed by atoms with van der Waals surface area (Å²) >= 11 is 0. The first-order chi connectivity index (χ1) is 8.63. The minimum atomic E-state index is -1.12. The zero-order valence-corrected chi connectivity index (χ0v) is 12.0. The standard InChI is InChI=1S/C12H22N2O5/c1-6-14(7-8(15)19-5)11(18)13-9(10(16)17)12(2,3)4/h9H,6-7H2,1-5H3,(H,13,18)(H,16,17). The Hall–Kier alpha value is -1.79. The van der Waals surface area contributed by atoms with Gasteiger partial charge in [0, 0.05) is 6.54 Å². The Labute approximate surface area is 112 Å². The van der Waals surface area contributed by atoms with Crippen molar-refractivity contribution in [1.29, 1.82) is 0 Å². The molecule has 0 aliphatic heterocycles. The molecular formula is C12H22N2O5. The predicted octanol–water partition coefficient (Wildman–Crippen LogP) is 0.690. The van der Waals surface area contributed by atoms with E-state index < -0.39 is 29.4 Å². The van der Waals surface area contributed by atoms with Crippen molar-refractivity contribution in [3.05, 3.63) is 0 Å². The first-order valence-corrected chi connectivity index (χ1v) is 5.98. The smallest absolute Gasteiger partial charge is 0.326 e. The maximum absolute atomic E-state index is 11.9. The molecule has 0 fully saturated rings. The van der Waals surface area contributed by atoms with Crippen molar-refractivity contribution in [3.63, 3.8) is 0 Å². The van der Waals surface area contributed by atoms with Gasteiger partial charge in [0.1, 0.15) is 12.6 Å². The Kier molecular flexibility index (Phi) is 6.31. The normalized spacial score (nSPS) is 12.5. The lowest BCUT2D eigenvalue weighted by atomic mass is 9.87. The maximum atomic E-state index is 11.9. The van der Waals surface area contributed by atoms with Gasteiger partial charge in [-0.3, -0.25) is 4.79 Å². The average molecular weight is 274 g/mol. The van der Waals surface area contributed by atoms with Crippen LogP contribution in [0.5, 0.6) is 0 Å². The monoisotopic (exact) mass is 274 g/mol. The van der Waals surface area contributed by atoms with Gasteiger partial charge in [0.15, 0.2) is 0 Å². The second-order valence-electron chi connectivity index (χ2n) is 5.18. The summed E-state index contributed by atoms with van der Waals surface area (Å²) in [5, 5.41) is 11.5. The van der Waals surface area contributed by atoms with Crippen LogP contribution >= 0.6 is 0 Å². The Morgan fingerprint density at radius 2 is 1.84 bits per heavy atom. The summed E-state index contributed by atoms with van der Waals surface area (Å²) in [7, 11) is 1.23. The van der Waals surface area contributed by atoms with Crippen LogP contribution in [0.2, 0.25) is 0 Å². The fourth-order valence-electron chi connectivity index (χ4n) is 1.41. The van der Waals surface area contributed by atoms with E-state index in [1.165, 1.54) is 12.0 Å². The van der Waals surface area contributed by atoms with Crippen molar-refractivity contribution >= 4 is 18.0 Å². The summed E-state index contributed by atoms with van der Waals surface area (Å²) in [4.78, 5) is 35.4. The van der Waals surface area contributed by atoms with Crippen molar-refractivity contribution in [2.24, 2.45) is 5.41 Å². The molecule has 0 radical (unpaired) electrons. The third-order valence-corrected chi connectivity index (χ3v) is 2.60. The van der Waals surface area contributed by atoms with Crippen LogP contribution in [-0.2, 0) is 14.3 Å². The third kappa shape index (κ3) is 5.58. The van der Waals surface area contributed by atoms with E-state index in [1.54, 1.807) is 27.7 Å². The third-order valence-electron chi connectivity index (χ3n) is 2.60. The zero-order chi connectivity index (χ0) is 15.2. The van der Waals surface area contributed by atoms with Gasteiger partial charge < -0.3 is 20.1 Å². The molecular weight excluding hydrogens is 252 g/mol. The van der Waals surface area contributed by atoms with Gasteiger partial charge in [-0.2, -0.15) is 0 Å². The molecule has 0 heterocycles. The van der Waals surface area contributed by atoms with Gasteiger partial charge in [-0.25, -0.2) is 9.59 Å². The SMILES string of the molecule is CCN(CC(=O)OC)C(=O)NC(C(=O)O)C(C)(C)C. The van der Waals surface area contributed by atoms with Crippen molar-refractivity contribution in [2.75, 3.05) is 20.2 Å². The molecule has 0 aliphatic rings. The van der Waals surface area contributed by atoms with Gasteiger partial charge >= 0.3 is 18.0 Å². The lowest BCUT2D eigenvalue weighted by Gasteiger charge is -2.30. The Bertz CT molecular complexity index is 349. The van der Waals surface area contributed by atoms with Crippen LogP contribution in [0.15, 0.2) is 0 Å². The molecule has 0 aliphatic carbocycles. The van der Waals surface area contributed by atoms with Crippen LogP contribution in [0.4, 0.5) is 4.79 Å². The van der Waals surface area contributed by atoms with Crippen molar-refractivity contribution in [1.82, 2.24) is 10.2 Å². The lowest BCUT2D eigenvalue weighted by molar-refractivity contribution is -0.142. The summed E-state index contributed by atoms with van der Waals surface area (Å²) < 4.78 is 4.48. The van der Waals surface area contributed by atoms with Crippen LogP contribution < -0.4 is 5.32 Å². The quantitative estimate of drug-likeness (QED) is 0.719. The molecule has 2 N–H and O–H groups in total. The van der Waals surface area contributed by atoms with Gasteiger partial charge in [-0.05, 0) is 12.3 Å². The van der Waals surface area contributed by atoms with E-state index in [0.717, 1.165) is 0 Å². The number of hydrogen-bond donors (Lipinski definition) is 2. The number of likely N-dealkylation sites (N-methyl/N-ethyl adjacent to an activating group) is 1. The number of carboxylic acid groups (broad SMARTS) is 1. The summed E-state index contributed by atoms with van der Waals surface area (Å²) in [6.45, 7) is 6.89. The number of ether oxygens (including phenoxy) is 1. The molecule has 0 saturated heterocycles. The van der Waals surface area contributed by atoms with Gasteiger partial charge in [0.2, 0.25) is 0 Å². The summed E-state index contributed by atoms with van der Waals surface area (Å²) in [5.41, 5.74) is -0.633. The number of esters is 1. The van der Waals surface area contributed by atoms with Crippen LogP contribution in [0.25, 0.3) is 0 Å². The van der Waals surface area contributed by atoms with Gasteiger partial charge in [0.25, 0.3) is 0 Å². The number of nitrogens with zero attached hydrogens (tertiary/aromatic N) is 1. The average Bonchev–Trinajstić information content (AvgIpc) is 2.30. The van der Waals surface area contributed by atoms with Gasteiger partial charge in [0.05, 0.1) is 7.11 Å². The van der Waals surface area contributed by atoms with Crippen molar-refractivity contribution in [2.45, 2.75) is 33.7 Å². The number of rotatable bonds is 5. The number of aliphatic carboxylic acids is 1. The number of carbonyl (C=O) groups is 3. The van der Waals surface area contributed by atoms with Crippen molar-refractivity contribution < 1.29 is 24.2 Å². The minimum Gasteiger partial charge on any atom is -0.480 e. The highest BCUT2D eigenvalue weighted by Crippen LogP contribution is 2.19. The van der Waals surface area contributed by atoms with Crippen molar-refractivity contribution in [3.8, 4) is 0 Å². The molecule has 7 nitrogen and oxygen atoms in total. The molecule has 7 heteroatoms. The molecule has 0 aromatic carbocycles. The fraction of sp³-hybridized carbons (Fsp3) is 0.750. The number of methoxy groups -OCH3 is 1. The largest absolute Gasteiger partial charge is 0.480 e. The molecule has 1 unspecified atom stereocenters. The fourth-order valence-corrected chi connectivity index (χ4v) is 1.41. The van der Waals surface area contributed by atoms with E-state index in [-0.39, 0.29) is 13.1 Å².